The third-order valence-corrected chi connectivity index (χ3v) is 5.56. The monoisotopic (exact) mass is 356 g/mol. The third kappa shape index (κ3) is 2.90. The minimum Gasteiger partial charge on any atom is -0.320 e. The van der Waals surface area contributed by atoms with Gasteiger partial charge in [-0.3, -0.25) is 0 Å². The Kier molecular flexibility index (Phi) is 4.22. The van der Waals surface area contributed by atoms with Crippen LogP contribution >= 0.6 is 0 Å². The summed E-state index contributed by atoms with van der Waals surface area (Å²) in [6, 6.07) is 17.9. The van der Waals surface area contributed by atoms with Crippen LogP contribution in [0.1, 0.15) is 33.4 Å². The Morgan fingerprint density at radius 2 is 0.889 bits per heavy atom. The minimum atomic E-state index is 0.842. The van der Waals surface area contributed by atoms with E-state index in [4.69, 9.17) is 0 Å². The van der Waals surface area contributed by atoms with Crippen molar-refractivity contribution in [3.05, 3.63) is 81.9 Å². The molecule has 1 heterocycles. The van der Waals surface area contributed by atoms with Gasteiger partial charge in [0, 0.05) is 11.4 Å². The normalized spacial score (nSPS) is 13.3. The first kappa shape index (κ1) is 17.7. The second-order valence-electron chi connectivity index (χ2n) is 7.98. The number of benzene rings is 3. The van der Waals surface area contributed by atoms with Crippen molar-refractivity contribution in [1.29, 1.82) is 0 Å². The van der Waals surface area contributed by atoms with Gasteiger partial charge in [-0.2, -0.15) is 0 Å². The SMILES string of the molecule is Cc1cc(C)c(N2CN(c3c(C)cc(C)cc3C)c3ccccc32)c(C)c1. The van der Waals surface area contributed by atoms with Gasteiger partial charge in [0.1, 0.15) is 6.67 Å². The molecule has 1 aliphatic rings. The molecule has 0 fully saturated rings. The standard InChI is InChI=1S/C25H28N2/c1-16-11-18(3)24(19(4)12-16)26-15-27(23-10-8-7-9-22(23)26)25-20(5)13-17(2)14-21(25)6/h7-14H,15H2,1-6H3. The molecule has 0 saturated heterocycles. The average molecular weight is 357 g/mol. The van der Waals surface area contributed by atoms with E-state index < -0.39 is 0 Å². The molecule has 0 saturated carbocycles. The Labute approximate surface area is 163 Å². The number of anilines is 4. The van der Waals surface area contributed by atoms with Crippen molar-refractivity contribution in [1.82, 2.24) is 0 Å². The maximum absolute atomic E-state index is 2.47. The molecule has 0 aromatic heterocycles. The summed E-state index contributed by atoms with van der Waals surface area (Å²) in [5, 5.41) is 0. The molecule has 0 N–H and O–H groups in total. The fourth-order valence-corrected chi connectivity index (χ4v) is 4.79. The fraction of sp³-hybridized carbons (Fsp3) is 0.280. The van der Waals surface area contributed by atoms with Gasteiger partial charge in [-0.1, -0.05) is 47.5 Å². The van der Waals surface area contributed by atoms with Crippen molar-refractivity contribution in [2.75, 3.05) is 16.5 Å². The minimum absolute atomic E-state index is 0.842. The lowest BCUT2D eigenvalue weighted by molar-refractivity contribution is 0.968. The van der Waals surface area contributed by atoms with Crippen LogP contribution in [0.2, 0.25) is 0 Å². The molecule has 0 unspecified atom stereocenters. The van der Waals surface area contributed by atoms with Gasteiger partial charge in [0.15, 0.2) is 0 Å². The maximum Gasteiger partial charge on any atom is 0.100 e. The molecule has 27 heavy (non-hydrogen) atoms. The zero-order chi connectivity index (χ0) is 19.3. The molecular weight excluding hydrogens is 328 g/mol. The maximum atomic E-state index is 2.47. The molecule has 0 atom stereocenters. The van der Waals surface area contributed by atoms with E-state index in [-0.39, 0.29) is 0 Å². The molecule has 2 nitrogen and oxygen atoms in total. The van der Waals surface area contributed by atoms with Crippen LogP contribution in [-0.4, -0.2) is 6.67 Å². The van der Waals surface area contributed by atoms with Gasteiger partial charge in [-0.05, 0) is 75.9 Å². The van der Waals surface area contributed by atoms with Crippen LogP contribution in [0.25, 0.3) is 0 Å². The second kappa shape index (κ2) is 6.45. The topological polar surface area (TPSA) is 6.48 Å². The first-order valence-corrected chi connectivity index (χ1v) is 9.66. The Bertz CT molecular complexity index is 904. The van der Waals surface area contributed by atoms with Crippen LogP contribution in [0, 0.1) is 41.5 Å². The third-order valence-electron chi connectivity index (χ3n) is 5.56. The van der Waals surface area contributed by atoms with Gasteiger partial charge in [-0.25, -0.2) is 0 Å². The first-order valence-electron chi connectivity index (χ1n) is 9.66. The molecule has 138 valence electrons. The van der Waals surface area contributed by atoms with Gasteiger partial charge >= 0.3 is 0 Å². The van der Waals surface area contributed by atoms with E-state index in [1.54, 1.807) is 0 Å². The summed E-state index contributed by atoms with van der Waals surface area (Å²) >= 11 is 0. The summed E-state index contributed by atoms with van der Waals surface area (Å²) in [4.78, 5) is 4.94. The molecule has 0 amide bonds. The zero-order valence-electron chi connectivity index (χ0n) is 17.2. The van der Waals surface area contributed by atoms with Crippen molar-refractivity contribution in [2.45, 2.75) is 41.5 Å². The lowest BCUT2D eigenvalue weighted by Crippen LogP contribution is -2.26. The number of fused-ring (bicyclic) bond motifs is 1. The van der Waals surface area contributed by atoms with Crippen molar-refractivity contribution in [2.24, 2.45) is 0 Å². The van der Waals surface area contributed by atoms with Crippen molar-refractivity contribution in [3.8, 4) is 0 Å². The second-order valence-corrected chi connectivity index (χ2v) is 7.98. The molecule has 3 aromatic carbocycles. The summed E-state index contributed by atoms with van der Waals surface area (Å²) in [5.41, 5.74) is 13.2. The average Bonchev–Trinajstić information content (AvgIpc) is 2.93. The summed E-state index contributed by atoms with van der Waals surface area (Å²) in [6.07, 6.45) is 0. The summed E-state index contributed by atoms with van der Waals surface area (Å²) in [7, 11) is 0. The quantitative estimate of drug-likeness (QED) is 0.499. The summed E-state index contributed by atoms with van der Waals surface area (Å²) in [5.74, 6) is 0. The predicted octanol–water partition coefficient (Wildman–Crippen LogP) is 6.78. The van der Waals surface area contributed by atoms with Gasteiger partial charge in [0.05, 0.1) is 11.4 Å². The van der Waals surface area contributed by atoms with Crippen molar-refractivity contribution >= 4 is 22.7 Å². The van der Waals surface area contributed by atoms with Crippen molar-refractivity contribution < 1.29 is 0 Å². The van der Waals surface area contributed by atoms with Crippen LogP contribution in [-0.2, 0) is 0 Å². The Morgan fingerprint density at radius 3 is 1.22 bits per heavy atom. The van der Waals surface area contributed by atoms with E-state index in [2.05, 4.69) is 99.9 Å². The van der Waals surface area contributed by atoms with Crippen LogP contribution in [0.5, 0.6) is 0 Å². The Hall–Kier alpha value is -2.74. The summed E-state index contributed by atoms with van der Waals surface area (Å²) < 4.78 is 0. The number of rotatable bonds is 2. The van der Waals surface area contributed by atoms with Crippen LogP contribution in [0.3, 0.4) is 0 Å². The van der Waals surface area contributed by atoms with E-state index in [1.165, 1.54) is 56.1 Å². The smallest absolute Gasteiger partial charge is 0.100 e. The number of hydrogen-bond donors (Lipinski definition) is 0. The molecule has 0 radical (unpaired) electrons. The van der Waals surface area contributed by atoms with Crippen LogP contribution in [0.15, 0.2) is 48.5 Å². The van der Waals surface area contributed by atoms with Gasteiger partial charge in [0.25, 0.3) is 0 Å². The molecule has 1 aliphatic heterocycles. The largest absolute Gasteiger partial charge is 0.320 e. The van der Waals surface area contributed by atoms with Gasteiger partial charge in [-0.15, -0.1) is 0 Å². The Morgan fingerprint density at radius 1 is 0.556 bits per heavy atom. The van der Waals surface area contributed by atoms with Gasteiger partial charge in [0.2, 0.25) is 0 Å². The lowest BCUT2D eigenvalue weighted by atomic mass is 10.0. The number of nitrogens with zero attached hydrogens (tertiary/aromatic N) is 2. The summed E-state index contributed by atoms with van der Waals surface area (Å²) in [6.45, 7) is 14.1. The zero-order valence-corrected chi connectivity index (χ0v) is 17.2. The Balaban J connectivity index is 1.89. The molecule has 0 spiro atoms. The highest BCUT2D eigenvalue weighted by atomic mass is 15.4. The number of para-hydroxylation sites is 2. The van der Waals surface area contributed by atoms with Gasteiger partial charge < -0.3 is 9.80 Å². The van der Waals surface area contributed by atoms with Crippen LogP contribution in [0.4, 0.5) is 22.7 Å². The predicted molar refractivity (Wildman–Crippen MR) is 117 cm³/mol. The van der Waals surface area contributed by atoms with Crippen LogP contribution < -0.4 is 9.80 Å². The highest BCUT2D eigenvalue weighted by Crippen LogP contribution is 2.47. The van der Waals surface area contributed by atoms with E-state index in [1.807, 2.05) is 0 Å². The van der Waals surface area contributed by atoms with E-state index in [0.717, 1.165) is 6.67 Å². The van der Waals surface area contributed by atoms with E-state index in [9.17, 15) is 0 Å². The molecular formula is C25H28N2. The lowest BCUT2D eigenvalue weighted by Gasteiger charge is -2.27. The molecule has 0 aliphatic carbocycles. The molecule has 3 aromatic rings. The molecule has 2 heteroatoms. The highest BCUT2D eigenvalue weighted by molar-refractivity contribution is 5.89. The first-order chi connectivity index (χ1) is 12.9. The fourth-order valence-electron chi connectivity index (χ4n) is 4.79. The molecule has 4 rings (SSSR count). The van der Waals surface area contributed by atoms with Crippen molar-refractivity contribution in [3.63, 3.8) is 0 Å². The van der Waals surface area contributed by atoms with E-state index >= 15 is 0 Å². The highest BCUT2D eigenvalue weighted by Gasteiger charge is 2.30. The molecule has 0 bridgehead atoms. The van der Waals surface area contributed by atoms with E-state index in [0.29, 0.717) is 0 Å². The number of aryl methyl sites for hydroxylation is 6. The number of hydrogen-bond acceptors (Lipinski definition) is 2.